The van der Waals surface area contributed by atoms with Crippen molar-refractivity contribution >= 4 is 21.9 Å². The van der Waals surface area contributed by atoms with Gasteiger partial charge in [-0.2, -0.15) is 0 Å². The van der Waals surface area contributed by atoms with Crippen molar-refractivity contribution in [1.29, 1.82) is 0 Å². The van der Waals surface area contributed by atoms with E-state index in [1.165, 1.54) is 14.2 Å². The maximum Gasteiger partial charge on any atom is 0.374 e. The van der Waals surface area contributed by atoms with Gasteiger partial charge in [-0.3, -0.25) is 4.79 Å². The molecule has 1 aromatic carbocycles. The van der Waals surface area contributed by atoms with Crippen LogP contribution in [-0.4, -0.2) is 41.1 Å². The average molecular weight is 412 g/mol. The van der Waals surface area contributed by atoms with E-state index in [0.29, 0.717) is 17.1 Å². The molecule has 152 valence electrons. The number of sulfonamides is 1. The second-order valence-electron chi connectivity index (χ2n) is 5.64. The van der Waals surface area contributed by atoms with Gasteiger partial charge >= 0.3 is 5.97 Å². The smallest absolute Gasteiger partial charge is 0.374 e. The molecule has 2 aromatic rings. The fraction of sp³-hybridized carbons (Fsp3) is 0.294. The minimum absolute atomic E-state index is 0.390. The quantitative estimate of drug-likeness (QED) is 0.610. The number of methoxy groups -OCH3 is 2. The minimum atomic E-state index is -4.08. The van der Waals surface area contributed by atoms with Crippen LogP contribution in [0.15, 0.2) is 39.8 Å². The molecule has 3 N–H and O–H groups in total. The van der Waals surface area contributed by atoms with Crippen LogP contribution < -0.4 is 19.9 Å². The average Bonchev–Trinajstić information content (AvgIpc) is 3.16. The first-order chi connectivity index (χ1) is 13.2. The summed E-state index contributed by atoms with van der Waals surface area (Å²) in [5.74, 6) is -0.830. The van der Waals surface area contributed by atoms with Gasteiger partial charge in [0.2, 0.25) is 10.9 Å². The summed E-state index contributed by atoms with van der Waals surface area (Å²) in [5.41, 5.74) is 0.672. The molecule has 0 saturated carbocycles. The molecule has 0 spiro atoms. The van der Waals surface area contributed by atoms with Gasteiger partial charge in [0.05, 0.1) is 20.3 Å². The molecule has 0 bridgehead atoms. The molecule has 10 nitrogen and oxygen atoms in total. The number of furan rings is 1. The SMILES string of the molecule is COc1ccc(OC)c(C(C)NC(=O)COC(=O)c2ccc(S(N)(=O)=O)o2)c1. The van der Waals surface area contributed by atoms with E-state index in [2.05, 4.69) is 5.32 Å². The van der Waals surface area contributed by atoms with Crippen molar-refractivity contribution in [3.63, 3.8) is 0 Å². The highest BCUT2D eigenvalue weighted by Gasteiger charge is 2.20. The molecule has 1 heterocycles. The zero-order valence-electron chi connectivity index (χ0n) is 15.4. The van der Waals surface area contributed by atoms with Crippen LogP contribution in [0.3, 0.4) is 0 Å². The normalized spacial score (nSPS) is 12.1. The molecular formula is C17H20N2O8S. The third kappa shape index (κ3) is 5.24. The maximum absolute atomic E-state index is 12.1. The summed E-state index contributed by atoms with van der Waals surface area (Å²) in [6.07, 6.45) is 0. The molecule has 0 aliphatic heterocycles. The number of ether oxygens (including phenoxy) is 3. The van der Waals surface area contributed by atoms with E-state index in [-0.39, 0.29) is 5.76 Å². The van der Waals surface area contributed by atoms with Gasteiger partial charge in [-0.05, 0) is 37.3 Å². The molecule has 1 aromatic heterocycles. The lowest BCUT2D eigenvalue weighted by atomic mass is 10.1. The number of nitrogens with two attached hydrogens (primary N) is 1. The van der Waals surface area contributed by atoms with Gasteiger partial charge in [-0.1, -0.05) is 0 Å². The molecule has 0 aliphatic rings. The van der Waals surface area contributed by atoms with E-state index in [4.69, 9.17) is 23.8 Å². The Kier molecular flexibility index (Phi) is 6.65. The number of carbonyl (C=O) groups is 2. The Morgan fingerprint density at radius 3 is 2.46 bits per heavy atom. The van der Waals surface area contributed by atoms with Gasteiger partial charge in [0.25, 0.3) is 15.9 Å². The first kappa shape index (κ1) is 21.3. The van der Waals surface area contributed by atoms with Crippen LogP contribution in [0.5, 0.6) is 11.5 Å². The van der Waals surface area contributed by atoms with E-state index in [9.17, 15) is 18.0 Å². The predicted molar refractivity (Wildman–Crippen MR) is 96.5 cm³/mol. The van der Waals surface area contributed by atoms with Gasteiger partial charge in [0.15, 0.2) is 6.61 Å². The highest BCUT2D eigenvalue weighted by atomic mass is 32.2. The highest BCUT2D eigenvalue weighted by Crippen LogP contribution is 2.29. The van der Waals surface area contributed by atoms with Gasteiger partial charge in [0, 0.05) is 5.56 Å². The van der Waals surface area contributed by atoms with Crippen LogP contribution in [0, 0.1) is 0 Å². The van der Waals surface area contributed by atoms with Crippen molar-refractivity contribution < 1.29 is 36.6 Å². The van der Waals surface area contributed by atoms with Crippen LogP contribution in [-0.2, 0) is 19.6 Å². The van der Waals surface area contributed by atoms with E-state index in [0.717, 1.165) is 12.1 Å². The third-order valence-electron chi connectivity index (χ3n) is 3.68. The van der Waals surface area contributed by atoms with Crippen LogP contribution in [0.2, 0.25) is 0 Å². The Morgan fingerprint density at radius 2 is 1.89 bits per heavy atom. The predicted octanol–water partition coefficient (Wildman–Crippen LogP) is 0.978. The van der Waals surface area contributed by atoms with Gasteiger partial charge < -0.3 is 23.9 Å². The number of benzene rings is 1. The van der Waals surface area contributed by atoms with E-state index in [1.54, 1.807) is 25.1 Å². The number of amides is 1. The Labute approximate surface area is 161 Å². The summed E-state index contributed by atoms with van der Waals surface area (Å²) in [7, 11) is -1.06. The molecule has 28 heavy (non-hydrogen) atoms. The van der Waals surface area contributed by atoms with Crippen LogP contribution >= 0.6 is 0 Å². The van der Waals surface area contributed by atoms with Crippen LogP contribution in [0.1, 0.15) is 29.1 Å². The second-order valence-corrected chi connectivity index (χ2v) is 7.13. The Hall–Kier alpha value is -3.05. The summed E-state index contributed by atoms with van der Waals surface area (Å²) in [4.78, 5) is 23.9. The monoisotopic (exact) mass is 412 g/mol. The number of hydrogen-bond donors (Lipinski definition) is 2. The molecule has 0 saturated heterocycles. The summed E-state index contributed by atoms with van der Waals surface area (Å²) >= 11 is 0. The van der Waals surface area contributed by atoms with E-state index in [1.807, 2.05) is 0 Å². The number of hydrogen-bond acceptors (Lipinski definition) is 8. The molecule has 0 radical (unpaired) electrons. The fourth-order valence-electron chi connectivity index (χ4n) is 2.32. The number of carbonyl (C=O) groups excluding carboxylic acids is 2. The Morgan fingerprint density at radius 1 is 1.18 bits per heavy atom. The Bertz CT molecular complexity index is 967. The fourth-order valence-corrected chi connectivity index (χ4v) is 2.79. The first-order valence-corrected chi connectivity index (χ1v) is 9.51. The van der Waals surface area contributed by atoms with Crippen molar-refractivity contribution in [1.82, 2.24) is 5.32 Å². The van der Waals surface area contributed by atoms with Gasteiger partial charge in [-0.25, -0.2) is 18.4 Å². The van der Waals surface area contributed by atoms with E-state index < -0.39 is 39.6 Å². The van der Waals surface area contributed by atoms with Crippen molar-refractivity contribution in [3.05, 3.63) is 41.7 Å². The number of rotatable bonds is 8. The lowest BCUT2D eigenvalue weighted by Gasteiger charge is -2.18. The molecule has 1 unspecified atom stereocenters. The van der Waals surface area contributed by atoms with Crippen molar-refractivity contribution in [3.8, 4) is 11.5 Å². The first-order valence-electron chi connectivity index (χ1n) is 7.96. The largest absolute Gasteiger partial charge is 0.497 e. The van der Waals surface area contributed by atoms with E-state index >= 15 is 0 Å². The van der Waals surface area contributed by atoms with Crippen LogP contribution in [0.4, 0.5) is 0 Å². The lowest BCUT2D eigenvalue weighted by Crippen LogP contribution is -2.31. The molecular weight excluding hydrogens is 392 g/mol. The zero-order valence-corrected chi connectivity index (χ0v) is 16.2. The topological polar surface area (TPSA) is 147 Å². The molecule has 1 amide bonds. The summed E-state index contributed by atoms with van der Waals surface area (Å²) in [5, 5.41) is 6.97. The number of primary sulfonamides is 1. The lowest BCUT2D eigenvalue weighted by molar-refractivity contribution is -0.124. The molecule has 0 fully saturated rings. The number of nitrogens with one attached hydrogen (secondary N) is 1. The molecule has 2 rings (SSSR count). The van der Waals surface area contributed by atoms with Crippen molar-refractivity contribution in [2.24, 2.45) is 5.14 Å². The minimum Gasteiger partial charge on any atom is -0.497 e. The highest BCUT2D eigenvalue weighted by molar-refractivity contribution is 7.89. The Balaban J connectivity index is 1.97. The summed E-state index contributed by atoms with van der Waals surface area (Å²) in [6, 6.07) is 6.78. The number of esters is 1. The molecule has 1 atom stereocenters. The zero-order chi connectivity index (χ0) is 20.9. The maximum atomic E-state index is 12.1. The second kappa shape index (κ2) is 8.76. The third-order valence-corrected chi connectivity index (χ3v) is 4.46. The standard InChI is InChI=1S/C17H20N2O8S/c1-10(12-8-11(24-2)4-5-13(12)25-3)19-15(20)9-26-17(21)14-6-7-16(27-14)28(18,22)23/h4-8,10H,9H2,1-3H3,(H,19,20)(H2,18,22,23). The van der Waals surface area contributed by atoms with Crippen molar-refractivity contribution in [2.75, 3.05) is 20.8 Å². The van der Waals surface area contributed by atoms with Crippen molar-refractivity contribution in [2.45, 2.75) is 18.1 Å². The van der Waals surface area contributed by atoms with Gasteiger partial charge in [0.1, 0.15) is 11.5 Å². The van der Waals surface area contributed by atoms with Crippen LogP contribution in [0.25, 0.3) is 0 Å². The summed E-state index contributed by atoms with van der Waals surface area (Å²) < 4.78 is 42.3. The van der Waals surface area contributed by atoms with Gasteiger partial charge in [-0.15, -0.1) is 0 Å². The molecule has 0 aliphatic carbocycles. The molecule has 11 heteroatoms. The summed E-state index contributed by atoms with van der Waals surface area (Å²) in [6.45, 7) is 1.13.